The first-order valence-corrected chi connectivity index (χ1v) is 13.0. The Balaban J connectivity index is 0.00000400. The van der Waals surface area contributed by atoms with E-state index >= 15 is 0 Å². The molecule has 0 fully saturated rings. The van der Waals surface area contributed by atoms with E-state index in [0.29, 0.717) is 34.1 Å². The van der Waals surface area contributed by atoms with Crippen LogP contribution in [0.3, 0.4) is 0 Å². The predicted octanol–water partition coefficient (Wildman–Crippen LogP) is 3.26. The fourth-order valence-corrected chi connectivity index (χ4v) is 4.95. The van der Waals surface area contributed by atoms with Crippen molar-refractivity contribution in [1.29, 1.82) is 10.8 Å². The molecule has 0 saturated carbocycles. The Bertz CT molecular complexity index is 1320. The molecule has 0 aliphatic carbocycles. The Morgan fingerprint density at radius 3 is 1.52 bits per heavy atom. The van der Waals surface area contributed by atoms with Crippen molar-refractivity contribution in [2.45, 2.75) is 4.90 Å². The molecule has 0 spiro atoms. The fraction of sp³-hybridized carbons (Fsp3) is 0.231. The minimum Gasteiger partial charge on any atom is -0.493 e. The summed E-state index contributed by atoms with van der Waals surface area (Å²) in [6.07, 6.45) is 0. The van der Waals surface area contributed by atoms with Crippen molar-refractivity contribution in [2.75, 3.05) is 40.5 Å². The van der Waals surface area contributed by atoms with Crippen LogP contribution in [-0.2, 0) is 10.0 Å². The van der Waals surface area contributed by atoms with E-state index in [2.05, 4.69) is 0 Å². The van der Waals surface area contributed by atoms with E-state index < -0.39 is 10.0 Å². The van der Waals surface area contributed by atoms with Gasteiger partial charge in [0.1, 0.15) is 24.9 Å². The topological polar surface area (TPSA) is 174 Å². The van der Waals surface area contributed by atoms with Gasteiger partial charge in [0.25, 0.3) is 0 Å². The third-order valence-corrected chi connectivity index (χ3v) is 7.44. The molecular weight excluding hydrogens is 581 g/mol. The second-order valence-electron chi connectivity index (χ2n) is 7.97. The van der Waals surface area contributed by atoms with Crippen LogP contribution >= 0.6 is 24.8 Å². The number of hydrogen-bond acceptors (Lipinski definition) is 8. The quantitative estimate of drug-likeness (QED) is 0.158. The lowest BCUT2D eigenvalue weighted by Gasteiger charge is -2.23. The number of hydrogen-bond donors (Lipinski definition) is 4. The number of nitrogen functional groups attached to an aromatic ring is 2. The number of rotatable bonds is 14. The van der Waals surface area contributed by atoms with Crippen LogP contribution in [0.1, 0.15) is 11.1 Å². The summed E-state index contributed by atoms with van der Waals surface area (Å²) in [6, 6.07) is 17.7. The average Bonchev–Trinajstić information content (AvgIpc) is 2.92. The average molecular weight is 615 g/mol. The van der Waals surface area contributed by atoms with Crippen molar-refractivity contribution in [3.8, 4) is 23.0 Å². The van der Waals surface area contributed by atoms with Gasteiger partial charge in [-0.2, -0.15) is 4.31 Å². The summed E-state index contributed by atoms with van der Waals surface area (Å²) in [6.45, 7) is 0.105. The molecule has 11 nitrogen and oxygen atoms in total. The Morgan fingerprint density at radius 1 is 0.725 bits per heavy atom. The molecule has 6 N–H and O–H groups in total. The highest BCUT2D eigenvalue weighted by atomic mass is 35.5. The van der Waals surface area contributed by atoms with Crippen LogP contribution in [0.2, 0.25) is 0 Å². The number of nitrogens with one attached hydrogen (secondary N) is 2. The van der Waals surface area contributed by atoms with Gasteiger partial charge in [-0.25, -0.2) is 8.42 Å². The highest BCUT2D eigenvalue weighted by Crippen LogP contribution is 2.29. The van der Waals surface area contributed by atoms with Crippen molar-refractivity contribution in [3.63, 3.8) is 0 Å². The van der Waals surface area contributed by atoms with Gasteiger partial charge in [0, 0.05) is 24.2 Å². The van der Waals surface area contributed by atoms with Gasteiger partial charge in [-0.15, -0.1) is 24.8 Å². The molecule has 0 radical (unpaired) electrons. The highest BCUT2D eigenvalue weighted by Gasteiger charge is 2.24. The van der Waals surface area contributed by atoms with E-state index in [-0.39, 0.29) is 67.7 Å². The summed E-state index contributed by atoms with van der Waals surface area (Å²) in [4.78, 5) is 0.145. The van der Waals surface area contributed by atoms with Gasteiger partial charge < -0.3 is 30.4 Å². The number of methoxy groups -OCH3 is 2. The molecule has 3 aromatic carbocycles. The maximum atomic E-state index is 13.4. The molecule has 0 saturated heterocycles. The molecule has 0 atom stereocenters. The lowest BCUT2D eigenvalue weighted by atomic mass is 10.2. The molecule has 40 heavy (non-hydrogen) atoms. The highest BCUT2D eigenvalue weighted by molar-refractivity contribution is 7.89. The molecule has 0 unspecified atom stereocenters. The molecule has 14 heteroatoms. The minimum absolute atomic E-state index is 0. The second-order valence-corrected chi connectivity index (χ2v) is 9.91. The van der Waals surface area contributed by atoms with E-state index in [1.165, 1.54) is 30.7 Å². The largest absolute Gasteiger partial charge is 0.493 e. The summed E-state index contributed by atoms with van der Waals surface area (Å²) in [5.74, 6) is 1.31. The zero-order chi connectivity index (χ0) is 27.7. The third-order valence-electron chi connectivity index (χ3n) is 5.53. The van der Waals surface area contributed by atoms with Crippen LogP contribution < -0.4 is 30.4 Å². The molecule has 0 amide bonds. The summed E-state index contributed by atoms with van der Waals surface area (Å²) in [5, 5.41) is 15.2. The van der Waals surface area contributed by atoms with Crippen LogP contribution in [0, 0.1) is 10.8 Å². The van der Waals surface area contributed by atoms with Crippen molar-refractivity contribution in [3.05, 3.63) is 77.9 Å². The number of ether oxygens (including phenoxy) is 4. The van der Waals surface area contributed by atoms with Crippen LogP contribution in [0.25, 0.3) is 0 Å². The van der Waals surface area contributed by atoms with Crippen LogP contribution in [0.15, 0.2) is 71.6 Å². The van der Waals surface area contributed by atoms with Gasteiger partial charge in [-0.1, -0.05) is 18.2 Å². The van der Waals surface area contributed by atoms with E-state index in [1.807, 2.05) is 0 Å². The van der Waals surface area contributed by atoms with E-state index in [1.54, 1.807) is 54.6 Å². The summed E-state index contributed by atoms with van der Waals surface area (Å²) in [7, 11) is -0.925. The Morgan fingerprint density at radius 2 is 1.15 bits per heavy atom. The Labute approximate surface area is 246 Å². The molecule has 218 valence electrons. The van der Waals surface area contributed by atoms with Crippen LogP contribution in [-0.4, -0.2) is 64.9 Å². The first-order valence-electron chi connectivity index (χ1n) is 11.5. The zero-order valence-electron chi connectivity index (χ0n) is 22.0. The Kier molecular flexibility index (Phi) is 13.5. The van der Waals surface area contributed by atoms with Gasteiger partial charge in [-0.3, -0.25) is 10.8 Å². The minimum atomic E-state index is -3.86. The smallest absolute Gasteiger partial charge is 0.243 e. The van der Waals surface area contributed by atoms with Gasteiger partial charge in [0.05, 0.1) is 19.1 Å². The monoisotopic (exact) mass is 613 g/mol. The first-order chi connectivity index (χ1) is 18.2. The fourth-order valence-electron chi connectivity index (χ4n) is 3.52. The van der Waals surface area contributed by atoms with Gasteiger partial charge in [-0.05, 0) is 48.5 Å². The summed E-state index contributed by atoms with van der Waals surface area (Å²) >= 11 is 0. The lowest BCUT2D eigenvalue weighted by molar-refractivity contribution is 0.228. The summed E-state index contributed by atoms with van der Waals surface area (Å²) in [5.41, 5.74) is 12.0. The van der Waals surface area contributed by atoms with Gasteiger partial charge >= 0.3 is 0 Å². The molecular formula is C26H33Cl2N5O6S. The molecule has 0 aliphatic heterocycles. The number of nitrogens with two attached hydrogens (primary N) is 2. The van der Waals surface area contributed by atoms with E-state index in [4.69, 9.17) is 41.2 Å². The molecule has 0 aromatic heterocycles. The zero-order valence-corrected chi connectivity index (χ0v) is 24.4. The SMILES string of the molecule is COc1cc(C(=N)N)ccc1OCCN(CCOc1ccc(C(=N)N)cc1OC)S(=O)(=O)c1ccccc1.Cl.Cl. The first kappa shape index (κ1) is 34.3. The van der Waals surface area contributed by atoms with Crippen LogP contribution in [0.5, 0.6) is 23.0 Å². The van der Waals surface area contributed by atoms with Crippen molar-refractivity contribution in [1.82, 2.24) is 4.31 Å². The Hall–Kier alpha value is -3.71. The third kappa shape index (κ3) is 8.65. The standard InChI is InChI=1S/C26H31N5O6S.2ClH/c1-34-23-16-18(25(27)28)8-10-21(23)36-14-12-31(38(32,33)20-6-4-3-5-7-20)13-15-37-22-11-9-19(26(29)30)17-24(22)35-2;;/h3-11,16-17H,12-15H2,1-2H3,(H3,27,28)(H3,29,30);2*1H. The van der Waals surface area contributed by atoms with Crippen molar-refractivity contribution < 1.29 is 27.4 Å². The predicted molar refractivity (Wildman–Crippen MR) is 159 cm³/mol. The van der Waals surface area contributed by atoms with Crippen molar-refractivity contribution in [2.24, 2.45) is 11.5 Å². The normalized spacial score (nSPS) is 10.6. The molecule has 0 heterocycles. The molecule has 0 aliphatic rings. The number of halogens is 2. The maximum absolute atomic E-state index is 13.4. The van der Waals surface area contributed by atoms with E-state index in [9.17, 15) is 8.42 Å². The number of amidine groups is 2. The van der Waals surface area contributed by atoms with Crippen LogP contribution in [0.4, 0.5) is 0 Å². The lowest BCUT2D eigenvalue weighted by Crippen LogP contribution is -2.37. The maximum Gasteiger partial charge on any atom is 0.243 e. The second kappa shape index (κ2) is 15.8. The van der Waals surface area contributed by atoms with Gasteiger partial charge in [0.15, 0.2) is 23.0 Å². The van der Waals surface area contributed by atoms with Crippen molar-refractivity contribution >= 4 is 46.5 Å². The molecule has 0 bridgehead atoms. The molecule has 3 rings (SSSR count). The number of nitrogens with zero attached hydrogens (tertiary/aromatic N) is 1. The molecule has 3 aromatic rings. The number of benzene rings is 3. The number of sulfonamides is 1. The summed E-state index contributed by atoms with van der Waals surface area (Å²) < 4.78 is 50.4. The van der Waals surface area contributed by atoms with Gasteiger partial charge in [0.2, 0.25) is 10.0 Å². The van der Waals surface area contributed by atoms with E-state index in [0.717, 1.165) is 0 Å².